The van der Waals surface area contributed by atoms with E-state index in [1.165, 1.54) is 0 Å². The number of benzene rings is 1. The summed E-state index contributed by atoms with van der Waals surface area (Å²) in [6, 6.07) is 0. The van der Waals surface area contributed by atoms with Crippen molar-refractivity contribution in [2.75, 3.05) is 13.7 Å². The van der Waals surface area contributed by atoms with E-state index in [0.717, 1.165) is 46.5 Å². The van der Waals surface area contributed by atoms with Crippen LogP contribution in [0.2, 0.25) is 0 Å². The number of methoxy groups -OCH3 is 1. The summed E-state index contributed by atoms with van der Waals surface area (Å²) in [7, 11) is 1.63. The lowest BCUT2D eigenvalue weighted by atomic mass is 9.96. The van der Waals surface area contributed by atoms with Crippen LogP contribution in [0, 0.1) is 6.92 Å². The fourth-order valence-electron chi connectivity index (χ4n) is 2.54. The minimum absolute atomic E-state index is 0.302. The summed E-state index contributed by atoms with van der Waals surface area (Å²) in [5.74, 6) is 1.53. The molecule has 104 valence electrons. The molecule has 2 rings (SSSR count). The van der Waals surface area contributed by atoms with E-state index in [1.807, 2.05) is 6.92 Å². The first-order valence-electron chi connectivity index (χ1n) is 6.59. The van der Waals surface area contributed by atoms with Gasteiger partial charge in [0.2, 0.25) is 0 Å². The van der Waals surface area contributed by atoms with Gasteiger partial charge < -0.3 is 19.0 Å². The van der Waals surface area contributed by atoms with Crippen LogP contribution in [0.15, 0.2) is 0 Å². The maximum Gasteiger partial charge on any atom is 0.132 e. The molecule has 1 aromatic carbocycles. The molecule has 4 heteroatoms. The number of fused-ring (bicyclic) bond motifs is 1. The summed E-state index contributed by atoms with van der Waals surface area (Å²) in [6.45, 7) is 5.82. The maximum absolute atomic E-state index is 10.9. The van der Waals surface area contributed by atoms with E-state index in [4.69, 9.17) is 14.2 Å². The lowest BCUT2D eigenvalue weighted by Crippen LogP contribution is -2.07. The van der Waals surface area contributed by atoms with Crippen LogP contribution >= 0.6 is 0 Å². The van der Waals surface area contributed by atoms with Crippen molar-refractivity contribution in [2.24, 2.45) is 0 Å². The molecule has 19 heavy (non-hydrogen) atoms. The summed E-state index contributed by atoms with van der Waals surface area (Å²) in [6.07, 6.45) is 2.11. The molecule has 1 aliphatic heterocycles. The predicted octanol–water partition coefficient (Wildman–Crippen LogP) is 2.56. The van der Waals surface area contributed by atoms with E-state index in [9.17, 15) is 4.79 Å². The summed E-state index contributed by atoms with van der Waals surface area (Å²) in [5, 5.41) is 0. The Morgan fingerprint density at radius 2 is 2.00 bits per heavy atom. The second kappa shape index (κ2) is 6.06. The minimum atomic E-state index is 0.302. The molecule has 0 radical (unpaired) electrons. The third-order valence-corrected chi connectivity index (χ3v) is 3.41. The molecule has 0 amide bonds. The molecule has 1 aliphatic rings. The SMILES string of the molecule is CCCOc1c2c(c(C)c(OC)c1CC=O)COC2. The first-order chi connectivity index (χ1) is 9.24. The molecule has 0 spiro atoms. The molecule has 0 unspecified atom stereocenters. The van der Waals surface area contributed by atoms with Gasteiger partial charge in [0.25, 0.3) is 0 Å². The molecule has 4 nitrogen and oxygen atoms in total. The summed E-state index contributed by atoms with van der Waals surface area (Å²) in [5.41, 5.74) is 4.10. The second-order valence-corrected chi connectivity index (χ2v) is 4.64. The van der Waals surface area contributed by atoms with Crippen LogP contribution in [0.25, 0.3) is 0 Å². The van der Waals surface area contributed by atoms with Crippen molar-refractivity contribution in [1.82, 2.24) is 0 Å². The van der Waals surface area contributed by atoms with Crippen molar-refractivity contribution in [3.63, 3.8) is 0 Å². The topological polar surface area (TPSA) is 44.8 Å². The fourth-order valence-corrected chi connectivity index (χ4v) is 2.54. The first kappa shape index (κ1) is 13.9. The van der Waals surface area contributed by atoms with E-state index in [1.54, 1.807) is 7.11 Å². The van der Waals surface area contributed by atoms with Gasteiger partial charge >= 0.3 is 0 Å². The predicted molar refractivity (Wildman–Crippen MR) is 71.8 cm³/mol. The van der Waals surface area contributed by atoms with Gasteiger partial charge in [0, 0.05) is 17.5 Å². The number of carbonyl (C=O) groups excluding carboxylic acids is 1. The van der Waals surface area contributed by atoms with Crippen molar-refractivity contribution in [2.45, 2.75) is 39.9 Å². The van der Waals surface area contributed by atoms with Crippen molar-refractivity contribution in [1.29, 1.82) is 0 Å². The number of hydrogen-bond donors (Lipinski definition) is 0. The standard InChI is InChI=1S/C15H20O4/c1-4-7-19-15-11(5-6-16)14(17-3)10(2)12-8-18-9-13(12)15/h6H,4-5,7-9H2,1-3H3. The molecule has 0 aromatic heterocycles. The van der Waals surface area contributed by atoms with Gasteiger partial charge in [-0.25, -0.2) is 0 Å². The van der Waals surface area contributed by atoms with Crippen molar-refractivity contribution < 1.29 is 19.0 Å². The van der Waals surface area contributed by atoms with E-state index < -0.39 is 0 Å². The van der Waals surface area contributed by atoms with Gasteiger partial charge in [-0.05, 0) is 24.5 Å². The third-order valence-electron chi connectivity index (χ3n) is 3.41. The molecule has 0 aliphatic carbocycles. The molecular formula is C15H20O4. The third kappa shape index (κ3) is 2.45. The van der Waals surface area contributed by atoms with Gasteiger partial charge in [-0.1, -0.05) is 6.92 Å². The monoisotopic (exact) mass is 264 g/mol. The van der Waals surface area contributed by atoms with Crippen LogP contribution in [0.3, 0.4) is 0 Å². The smallest absolute Gasteiger partial charge is 0.132 e. The average molecular weight is 264 g/mol. The first-order valence-corrected chi connectivity index (χ1v) is 6.59. The Hall–Kier alpha value is -1.55. The van der Waals surface area contributed by atoms with Gasteiger partial charge in [0.1, 0.15) is 17.8 Å². The summed E-state index contributed by atoms with van der Waals surface area (Å²) < 4.78 is 16.9. The van der Waals surface area contributed by atoms with E-state index in [2.05, 4.69) is 6.92 Å². The van der Waals surface area contributed by atoms with Crippen molar-refractivity contribution >= 4 is 6.29 Å². The van der Waals surface area contributed by atoms with Crippen LogP contribution in [-0.2, 0) is 29.2 Å². The summed E-state index contributed by atoms with van der Waals surface area (Å²) >= 11 is 0. The minimum Gasteiger partial charge on any atom is -0.496 e. The molecule has 0 N–H and O–H groups in total. The van der Waals surface area contributed by atoms with E-state index in [0.29, 0.717) is 26.2 Å². The highest BCUT2D eigenvalue weighted by molar-refractivity contribution is 5.67. The highest BCUT2D eigenvalue weighted by atomic mass is 16.5. The molecule has 0 fully saturated rings. The highest BCUT2D eigenvalue weighted by Crippen LogP contribution is 2.42. The van der Waals surface area contributed by atoms with Gasteiger partial charge in [-0.15, -0.1) is 0 Å². The summed E-state index contributed by atoms with van der Waals surface area (Å²) in [4.78, 5) is 10.9. The lowest BCUT2D eigenvalue weighted by Gasteiger charge is -2.19. The Bertz CT molecular complexity index is 480. The van der Waals surface area contributed by atoms with Gasteiger partial charge in [-0.2, -0.15) is 0 Å². The largest absolute Gasteiger partial charge is 0.496 e. The number of hydrogen-bond acceptors (Lipinski definition) is 4. The van der Waals surface area contributed by atoms with Gasteiger partial charge in [-0.3, -0.25) is 0 Å². The number of rotatable bonds is 6. The molecule has 0 saturated carbocycles. The fraction of sp³-hybridized carbons (Fsp3) is 0.533. The molecule has 1 heterocycles. The molecular weight excluding hydrogens is 244 g/mol. The van der Waals surface area contributed by atoms with Crippen molar-refractivity contribution in [3.8, 4) is 11.5 Å². The van der Waals surface area contributed by atoms with Crippen LogP contribution in [0.5, 0.6) is 11.5 Å². The number of carbonyl (C=O) groups is 1. The van der Waals surface area contributed by atoms with Crippen LogP contribution in [0.4, 0.5) is 0 Å². The van der Waals surface area contributed by atoms with Crippen LogP contribution in [-0.4, -0.2) is 20.0 Å². The maximum atomic E-state index is 10.9. The highest BCUT2D eigenvalue weighted by Gasteiger charge is 2.26. The lowest BCUT2D eigenvalue weighted by molar-refractivity contribution is -0.107. The van der Waals surface area contributed by atoms with Gasteiger partial charge in [0.15, 0.2) is 0 Å². The Balaban J connectivity index is 2.59. The quantitative estimate of drug-likeness (QED) is 0.741. The Morgan fingerprint density at radius 1 is 1.26 bits per heavy atom. The van der Waals surface area contributed by atoms with Crippen molar-refractivity contribution in [3.05, 3.63) is 22.3 Å². The zero-order chi connectivity index (χ0) is 13.8. The average Bonchev–Trinajstić information content (AvgIpc) is 2.89. The van der Waals surface area contributed by atoms with Crippen LogP contribution < -0.4 is 9.47 Å². The Labute approximate surface area is 113 Å². The Morgan fingerprint density at radius 3 is 2.63 bits per heavy atom. The van der Waals surface area contributed by atoms with Crippen LogP contribution in [0.1, 0.15) is 35.6 Å². The zero-order valence-corrected chi connectivity index (χ0v) is 11.7. The molecule has 0 atom stereocenters. The van der Waals surface area contributed by atoms with E-state index >= 15 is 0 Å². The second-order valence-electron chi connectivity index (χ2n) is 4.64. The number of aldehydes is 1. The normalized spacial score (nSPS) is 13.2. The molecule has 0 bridgehead atoms. The molecule has 0 saturated heterocycles. The van der Waals surface area contributed by atoms with Gasteiger partial charge in [0.05, 0.1) is 26.9 Å². The zero-order valence-electron chi connectivity index (χ0n) is 11.7. The van der Waals surface area contributed by atoms with E-state index in [-0.39, 0.29) is 0 Å². The molecule has 1 aromatic rings. The Kier molecular flexibility index (Phi) is 4.43. The number of ether oxygens (including phenoxy) is 3.